The Hall–Kier alpha value is -1.32. The first-order valence-electron chi connectivity index (χ1n) is 6.60. The molecule has 0 aliphatic heterocycles. The number of benzene rings is 2. The van der Waals surface area contributed by atoms with Crippen molar-refractivity contribution in [3.63, 3.8) is 0 Å². The second-order valence-corrected chi connectivity index (χ2v) is 6.02. The standard InChI is InChI=1S/C17H20BrNO/c1-10-9-16(20-4)12(3)8-14(10)17(19)13-5-6-15(18)11(2)7-13/h5-9,17H,19H2,1-4H3. The lowest BCUT2D eigenvalue weighted by Crippen LogP contribution is -2.14. The molecule has 0 aliphatic carbocycles. The Morgan fingerprint density at radius 3 is 2.30 bits per heavy atom. The summed E-state index contributed by atoms with van der Waals surface area (Å²) in [5, 5.41) is 0. The Bertz CT molecular complexity index is 637. The zero-order chi connectivity index (χ0) is 14.9. The van der Waals surface area contributed by atoms with E-state index in [2.05, 4.69) is 60.1 Å². The third kappa shape index (κ3) is 2.89. The van der Waals surface area contributed by atoms with Crippen LogP contribution >= 0.6 is 15.9 Å². The summed E-state index contributed by atoms with van der Waals surface area (Å²) in [4.78, 5) is 0. The summed E-state index contributed by atoms with van der Waals surface area (Å²) >= 11 is 3.52. The average molecular weight is 334 g/mol. The molecule has 20 heavy (non-hydrogen) atoms. The van der Waals surface area contributed by atoms with Crippen LogP contribution in [0.5, 0.6) is 5.75 Å². The number of rotatable bonds is 3. The van der Waals surface area contributed by atoms with Crippen LogP contribution in [0.15, 0.2) is 34.8 Å². The zero-order valence-electron chi connectivity index (χ0n) is 12.3. The summed E-state index contributed by atoms with van der Waals surface area (Å²) in [5.74, 6) is 0.908. The highest BCUT2D eigenvalue weighted by molar-refractivity contribution is 9.10. The van der Waals surface area contributed by atoms with Crippen LogP contribution in [0.1, 0.15) is 33.9 Å². The molecular weight excluding hydrogens is 314 g/mol. The van der Waals surface area contributed by atoms with Crippen molar-refractivity contribution in [1.82, 2.24) is 0 Å². The third-order valence-electron chi connectivity index (χ3n) is 3.66. The minimum absolute atomic E-state index is 0.119. The topological polar surface area (TPSA) is 35.2 Å². The quantitative estimate of drug-likeness (QED) is 0.901. The van der Waals surface area contributed by atoms with E-state index in [-0.39, 0.29) is 6.04 Å². The molecular formula is C17H20BrNO. The fourth-order valence-electron chi connectivity index (χ4n) is 2.41. The van der Waals surface area contributed by atoms with Crippen molar-refractivity contribution in [2.24, 2.45) is 5.73 Å². The van der Waals surface area contributed by atoms with Crippen molar-refractivity contribution in [3.8, 4) is 5.75 Å². The number of hydrogen-bond acceptors (Lipinski definition) is 2. The summed E-state index contributed by atoms with van der Waals surface area (Å²) in [6, 6.07) is 10.3. The first-order chi connectivity index (χ1) is 9.43. The van der Waals surface area contributed by atoms with Crippen LogP contribution in [0.2, 0.25) is 0 Å². The molecule has 0 saturated carbocycles. The lowest BCUT2D eigenvalue weighted by Gasteiger charge is -2.18. The first kappa shape index (κ1) is 15.1. The van der Waals surface area contributed by atoms with E-state index in [1.54, 1.807) is 7.11 Å². The summed E-state index contributed by atoms with van der Waals surface area (Å²) in [7, 11) is 1.69. The molecule has 2 aromatic rings. The molecule has 2 rings (SSSR count). The fourth-order valence-corrected chi connectivity index (χ4v) is 2.65. The molecule has 0 amide bonds. The zero-order valence-corrected chi connectivity index (χ0v) is 13.9. The van der Waals surface area contributed by atoms with Gasteiger partial charge in [-0.05, 0) is 60.7 Å². The van der Waals surface area contributed by atoms with E-state index in [9.17, 15) is 0 Å². The molecule has 0 aliphatic rings. The Labute approximate surface area is 129 Å². The van der Waals surface area contributed by atoms with Gasteiger partial charge in [0.15, 0.2) is 0 Å². The number of halogens is 1. The molecule has 2 nitrogen and oxygen atoms in total. The molecule has 1 atom stereocenters. The summed E-state index contributed by atoms with van der Waals surface area (Å²) in [6.45, 7) is 6.19. The van der Waals surface area contributed by atoms with Crippen LogP contribution in [-0.2, 0) is 0 Å². The van der Waals surface area contributed by atoms with Gasteiger partial charge in [0.25, 0.3) is 0 Å². The van der Waals surface area contributed by atoms with Crippen LogP contribution < -0.4 is 10.5 Å². The van der Waals surface area contributed by atoms with Gasteiger partial charge in [0.05, 0.1) is 13.2 Å². The molecule has 2 aromatic carbocycles. The highest BCUT2D eigenvalue weighted by Crippen LogP contribution is 2.30. The van der Waals surface area contributed by atoms with Crippen molar-refractivity contribution in [3.05, 3.63) is 62.6 Å². The Balaban J connectivity index is 2.45. The molecule has 0 saturated heterocycles. The highest BCUT2D eigenvalue weighted by Gasteiger charge is 2.14. The molecule has 3 heteroatoms. The largest absolute Gasteiger partial charge is 0.496 e. The Morgan fingerprint density at radius 2 is 1.70 bits per heavy atom. The van der Waals surface area contributed by atoms with Crippen molar-refractivity contribution in [2.75, 3.05) is 7.11 Å². The van der Waals surface area contributed by atoms with Gasteiger partial charge in [-0.25, -0.2) is 0 Å². The normalized spacial score (nSPS) is 12.3. The van der Waals surface area contributed by atoms with Crippen LogP contribution in [0.4, 0.5) is 0 Å². The summed E-state index contributed by atoms with van der Waals surface area (Å²) < 4.78 is 6.46. The predicted octanol–water partition coefficient (Wildman–Crippen LogP) is 4.43. The van der Waals surface area contributed by atoms with E-state index in [1.807, 2.05) is 6.92 Å². The van der Waals surface area contributed by atoms with Gasteiger partial charge in [0.2, 0.25) is 0 Å². The van der Waals surface area contributed by atoms with Gasteiger partial charge in [-0.3, -0.25) is 0 Å². The SMILES string of the molecule is COc1cc(C)c(C(N)c2ccc(Br)c(C)c2)cc1C. The number of methoxy groups -OCH3 is 1. The molecule has 0 fully saturated rings. The summed E-state index contributed by atoms with van der Waals surface area (Å²) in [5.41, 5.74) is 12.2. The monoisotopic (exact) mass is 333 g/mol. The van der Waals surface area contributed by atoms with Crippen LogP contribution in [0.3, 0.4) is 0 Å². The van der Waals surface area contributed by atoms with Crippen molar-refractivity contribution in [2.45, 2.75) is 26.8 Å². The molecule has 0 aromatic heterocycles. The molecule has 2 N–H and O–H groups in total. The molecule has 0 bridgehead atoms. The van der Waals surface area contributed by atoms with Crippen LogP contribution in [-0.4, -0.2) is 7.11 Å². The van der Waals surface area contributed by atoms with Gasteiger partial charge in [-0.15, -0.1) is 0 Å². The van der Waals surface area contributed by atoms with Gasteiger partial charge >= 0.3 is 0 Å². The second-order valence-electron chi connectivity index (χ2n) is 5.16. The smallest absolute Gasteiger partial charge is 0.122 e. The highest BCUT2D eigenvalue weighted by atomic mass is 79.9. The van der Waals surface area contributed by atoms with E-state index >= 15 is 0 Å². The second kappa shape index (κ2) is 5.98. The first-order valence-corrected chi connectivity index (χ1v) is 7.40. The van der Waals surface area contributed by atoms with E-state index in [0.29, 0.717) is 0 Å². The van der Waals surface area contributed by atoms with Crippen LogP contribution in [0, 0.1) is 20.8 Å². The van der Waals surface area contributed by atoms with E-state index < -0.39 is 0 Å². The molecule has 0 radical (unpaired) electrons. The van der Waals surface area contributed by atoms with Crippen molar-refractivity contribution < 1.29 is 4.74 Å². The van der Waals surface area contributed by atoms with E-state index in [0.717, 1.165) is 32.5 Å². The lowest BCUT2D eigenvalue weighted by atomic mass is 9.93. The Morgan fingerprint density at radius 1 is 1.00 bits per heavy atom. The number of aryl methyl sites for hydroxylation is 3. The number of nitrogens with two attached hydrogens (primary N) is 1. The van der Waals surface area contributed by atoms with E-state index in [4.69, 9.17) is 10.5 Å². The fraction of sp³-hybridized carbons (Fsp3) is 0.294. The number of hydrogen-bond donors (Lipinski definition) is 1. The predicted molar refractivity (Wildman–Crippen MR) is 87.4 cm³/mol. The minimum Gasteiger partial charge on any atom is -0.496 e. The molecule has 106 valence electrons. The number of ether oxygens (including phenoxy) is 1. The van der Waals surface area contributed by atoms with Crippen molar-refractivity contribution >= 4 is 15.9 Å². The van der Waals surface area contributed by atoms with Crippen LogP contribution in [0.25, 0.3) is 0 Å². The van der Waals surface area contributed by atoms with Gasteiger partial charge in [-0.1, -0.05) is 34.1 Å². The summed E-state index contributed by atoms with van der Waals surface area (Å²) in [6.07, 6.45) is 0. The van der Waals surface area contributed by atoms with Gasteiger partial charge < -0.3 is 10.5 Å². The maximum Gasteiger partial charge on any atom is 0.122 e. The average Bonchev–Trinajstić information content (AvgIpc) is 2.43. The lowest BCUT2D eigenvalue weighted by molar-refractivity contribution is 0.411. The molecule has 0 spiro atoms. The molecule has 0 heterocycles. The van der Waals surface area contributed by atoms with Gasteiger partial charge in [0, 0.05) is 4.47 Å². The third-order valence-corrected chi connectivity index (χ3v) is 4.55. The Kier molecular flexibility index (Phi) is 4.51. The maximum absolute atomic E-state index is 6.44. The van der Waals surface area contributed by atoms with E-state index in [1.165, 1.54) is 5.56 Å². The van der Waals surface area contributed by atoms with Crippen molar-refractivity contribution in [1.29, 1.82) is 0 Å². The van der Waals surface area contributed by atoms with Gasteiger partial charge in [-0.2, -0.15) is 0 Å². The minimum atomic E-state index is -0.119. The maximum atomic E-state index is 6.44. The molecule has 1 unspecified atom stereocenters. The van der Waals surface area contributed by atoms with Gasteiger partial charge in [0.1, 0.15) is 5.75 Å².